The van der Waals surface area contributed by atoms with Gasteiger partial charge in [0.05, 0.1) is 12.2 Å². The van der Waals surface area contributed by atoms with Crippen molar-refractivity contribution in [2.24, 2.45) is 0 Å². The zero-order chi connectivity index (χ0) is 19.9. The summed E-state index contributed by atoms with van der Waals surface area (Å²) in [6.45, 7) is 6.99. The van der Waals surface area contributed by atoms with Crippen molar-refractivity contribution in [3.63, 3.8) is 0 Å². The maximum absolute atomic E-state index is 12.5. The topological polar surface area (TPSA) is 58.6 Å². The lowest BCUT2D eigenvalue weighted by Gasteiger charge is -2.25. The molecule has 0 atom stereocenters. The molecule has 29 heavy (non-hydrogen) atoms. The quantitative estimate of drug-likeness (QED) is 0.456. The minimum Gasteiger partial charge on any atom is -0.462 e. The molecule has 8 heteroatoms. The predicted molar refractivity (Wildman–Crippen MR) is 123 cm³/mol. The summed E-state index contributed by atoms with van der Waals surface area (Å²) in [6.07, 6.45) is 1.21. The fraction of sp³-hybridized carbons (Fsp3) is 0.429. The summed E-state index contributed by atoms with van der Waals surface area (Å²) in [6, 6.07) is 10.0. The van der Waals surface area contributed by atoms with E-state index in [0.29, 0.717) is 29.3 Å². The average Bonchev–Trinajstić information content (AvgIpc) is 3.05. The third-order valence-corrected chi connectivity index (χ3v) is 6.80. The summed E-state index contributed by atoms with van der Waals surface area (Å²) >= 11 is 3.17. The third-order valence-electron chi connectivity index (χ3n) is 4.66. The Morgan fingerprint density at radius 2 is 2.00 bits per heavy atom. The fourth-order valence-electron chi connectivity index (χ4n) is 3.20. The van der Waals surface area contributed by atoms with Gasteiger partial charge in [0.25, 0.3) is 0 Å². The van der Waals surface area contributed by atoms with Gasteiger partial charge in [-0.25, -0.2) is 4.79 Å². The van der Waals surface area contributed by atoms with Crippen LogP contribution >= 0.6 is 35.5 Å². The molecule has 2 heterocycles. The molecule has 0 unspecified atom stereocenters. The number of fused-ring (bicyclic) bond motifs is 1. The summed E-state index contributed by atoms with van der Waals surface area (Å²) in [5, 5.41) is 3.61. The van der Waals surface area contributed by atoms with Gasteiger partial charge in [-0.1, -0.05) is 25.1 Å². The van der Waals surface area contributed by atoms with E-state index in [2.05, 4.69) is 17.1 Å². The van der Waals surface area contributed by atoms with Crippen molar-refractivity contribution in [3.8, 4) is 0 Å². The van der Waals surface area contributed by atoms with Crippen LogP contribution in [-0.4, -0.2) is 42.2 Å². The van der Waals surface area contributed by atoms with Crippen LogP contribution in [0.15, 0.2) is 35.2 Å². The van der Waals surface area contributed by atoms with E-state index in [1.165, 1.54) is 11.3 Å². The highest BCUT2D eigenvalue weighted by Crippen LogP contribution is 2.37. The van der Waals surface area contributed by atoms with Gasteiger partial charge in [-0.2, -0.15) is 0 Å². The van der Waals surface area contributed by atoms with E-state index < -0.39 is 0 Å². The molecular formula is C21H27ClN2O3S2. The molecule has 5 nitrogen and oxygen atoms in total. The number of benzene rings is 1. The molecule has 0 bridgehead atoms. The highest BCUT2D eigenvalue weighted by atomic mass is 35.5. The molecule has 0 fully saturated rings. The van der Waals surface area contributed by atoms with Gasteiger partial charge in [0.15, 0.2) is 0 Å². The van der Waals surface area contributed by atoms with Gasteiger partial charge in [0.1, 0.15) is 5.00 Å². The molecule has 1 aliphatic heterocycles. The van der Waals surface area contributed by atoms with Crippen molar-refractivity contribution in [2.45, 2.75) is 38.1 Å². The summed E-state index contributed by atoms with van der Waals surface area (Å²) < 4.78 is 5.27. The first kappa shape index (κ1) is 23.7. The zero-order valence-electron chi connectivity index (χ0n) is 16.7. The second kappa shape index (κ2) is 11.6. The Bertz CT molecular complexity index is 827. The van der Waals surface area contributed by atoms with Gasteiger partial charge in [0.2, 0.25) is 5.91 Å². The van der Waals surface area contributed by atoms with E-state index in [4.69, 9.17) is 4.74 Å². The van der Waals surface area contributed by atoms with Gasteiger partial charge < -0.3 is 10.1 Å². The van der Waals surface area contributed by atoms with Crippen LogP contribution in [-0.2, 0) is 22.5 Å². The Morgan fingerprint density at radius 1 is 1.24 bits per heavy atom. The summed E-state index contributed by atoms with van der Waals surface area (Å²) in [5.74, 6) is 0.290. The molecule has 3 rings (SSSR count). The first-order chi connectivity index (χ1) is 13.6. The Balaban J connectivity index is 0.00000300. The Hall–Kier alpha value is -1.54. The van der Waals surface area contributed by atoms with Crippen LogP contribution in [0.25, 0.3) is 0 Å². The number of likely N-dealkylation sites (N-methyl/N-ethyl adjacent to an activating group) is 1. The maximum Gasteiger partial charge on any atom is 0.341 e. The summed E-state index contributed by atoms with van der Waals surface area (Å²) in [5.41, 5.74) is 1.60. The van der Waals surface area contributed by atoms with E-state index in [0.717, 1.165) is 41.4 Å². The Morgan fingerprint density at radius 3 is 2.69 bits per heavy atom. The number of amides is 1. The monoisotopic (exact) mass is 454 g/mol. The SMILES string of the molecule is CCOC(=O)c1c(NC(=O)CCSc2ccccc2)sc2c1CCN(CC)C2.Cl. The number of carbonyl (C=O) groups is 2. The number of nitrogens with zero attached hydrogens (tertiary/aromatic N) is 1. The molecule has 0 saturated carbocycles. The number of carbonyl (C=O) groups excluding carboxylic acids is 2. The number of esters is 1. The van der Waals surface area contributed by atoms with Crippen LogP contribution in [0.2, 0.25) is 0 Å². The number of thioether (sulfide) groups is 1. The first-order valence-corrected chi connectivity index (χ1v) is 11.4. The normalized spacial score (nSPS) is 13.3. The van der Waals surface area contributed by atoms with Crippen LogP contribution in [0.1, 0.15) is 41.1 Å². The molecule has 1 aromatic heterocycles. The predicted octanol–water partition coefficient (Wildman–Crippen LogP) is 4.85. The van der Waals surface area contributed by atoms with Gasteiger partial charge in [-0.05, 0) is 37.6 Å². The van der Waals surface area contributed by atoms with Crippen molar-refractivity contribution < 1.29 is 14.3 Å². The molecule has 0 aliphatic carbocycles. The van der Waals surface area contributed by atoms with E-state index >= 15 is 0 Å². The third kappa shape index (κ3) is 6.22. The fourth-order valence-corrected chi connectivity index (χ4v) is 5.37. The first-order valence-electron chi connectivity index (χ1n) is 9.64. The minimum absolute atomic E-state index is 0. The number of thiophene rings is 1. The van der Waals surface area contributed by atoms with Crippen molar-refractivity contribution in [2.75, 3.05) is 30.8 Å². The lowest BCUT2D eigenvalue weighted by molar-refractivity contribution is -0.115. The standard InChI is InChI=1S/C21H26N2O3S2.ClH/c1-3-23-12-10-16-17(14-23)28-20(19(16)21(25)26-4-2)22-18(24)11-13-27-15-8-6-5-7-9-15;/h5-9H,3-4,10-14H2,1-2H3,(H,22,24);1H. The smallest absolute Gasteiger partial charge is 0.341 e. The highest BCUT2D eigenvalue weighted by molar-refractivity contribution is 7.99. The molecule has 0 saturated heterocycles. The number of hydrogen-bond acceptors (Lipinski definition) is 6. The number of rotatable bonds is 8. The lowest BCUT2D eigenvalue weighted by Crippen LogP contribution is -2.30. The van der Waals surface area contributed by atoms with Crippen LogP contribution in [0.4, 0.5) is 5.00 Å². The number of halogens is 1. The second-order valence-electron chi connectivity index (χ2n) is 6.51. The zero-order valence-corrected chi connectivity index (χ0v) is 19.2. The number of anilines is 1. The minimum atomic E-state index is -0.334. The Kier molecular flexibility index (Phi) is 9.49. The second-order valence-corrected chi connectivity index (χ2v) is 8.78. The van der Waals surface area contributed by atoms with Gasteiger partial charge in [-0.15, -0.1) is 35.5 Å². The molecular weight excluding hydrogens is 428 g/mol. The number of hydrogen-bond donors (Lipinski definition) is 1. The molecule has 0 radical (unpaired) electrons. The van der Waals surface area contributed by atoms with Crippen LogP contribution < -0.4 is 5.32 Å². The average molecular weight is 455 g/mol. The van der Waals surface area contributed by atoms with Crippen molar-refractivity contribution in [1.82, 2.24) is 4.90 Å². The molecule has 0 spiro atoms. The van der Waals surface area contributed by atoms with E-state index in [1.807, 2.05) is 30.3 Å². The molecule has 1 aliphatic rings. The van der Waals surface area contributed by atoms with E-state index in [9.17, 15) is 9.59 Å². The maximum atomic E-state index is 12.5. The van der Waals surface area contributed by atoms with Gasteiger partial charge >= 0.3 is 5.97 Å². The number of nitrogens with one attached hydrogen (secondary N) is 1. The van der Waals surface area contributed by atoms with Gasteiger partial charge in [-0.3, -0.25) is 9.69 Å². The molecule has 1 N–H and O–H groups in total. The molecule has 1 amide bonds. The number of ether oxygens (including phenoxy) is 1. The van der Waals surface area contributed by atoms with Crippen LogP contribution in [0.3, 0.4) is 0 Å². The summed E-state index contributed by atoms with van der Waals surface area (Å²) in [4.78, 5) is 29.7. The van der Waals surface area contributed by atoms with Crippen molar-refractivity contribution >= 4 is 52.4 Å². The molecule has 2 aromatic rings. The lowest BCUT2D eigenvalue weighted by atomic mass is 10.0. The van der Waals surface area contributed by atoms with Crippen molar-refractivity contribution in [1.29, 1.82) is 0 Å². The van der Waals surface area contributed by atoms with Crippen LogP contribution in [0.5, 0.6) is 0 Å². The molecule has 158 valence electrons. The van der Waals surface area contributed by atoms with Gasteiger partial charge in [0, 0.05) is 35.0 Å². The highest BCUT2D eigenvalue weighted by Gasteiger charge is 2.29. The Labute approximate surface area is 186 Å². The van der Waals surface area contributed by atoms with Crippen LogP contribution in [0, 0.1) is 0 Å². The summed E-state index contributed by atoms with van der Waals surface area (Å²) in [7, 11) is 0. The van der Waals surface area contributed by atoms with E-state index in [1.54, 1.807) is 18.7 Å². The van der Waals surface area contributed by atoms with Crippen molar-refractivity contribution in [3.05, 3.63) is 46.3 Å². The molecule has 1 aromatic carbocycles. The van der Waals surface area contributed by atoms with E-state index in [-0.39, 0.29) is 24.3 Å². The largest absolute Gasteiger partial charge is 0.462 e.